The van der Waals surface area contributed by atoms with Crippen molar-refractivity contribution in [2.75, 3.05) is 24.2 Å². The maximum atomic E-state index is 13.8. The number of hydroxylamine groups is 1. The van der Waals surface area contributed by atoms with Crippen LogP contribution in [0.2, 0.25) is 10.0 Å². The fraction of sp³-hybridized carbons (Fsp3) is 0.192. The molecule has 5 rings (SSSR count). The number of para-hydroxylation sites is 1. The van der Waals surface area contributed by atoms with Gasteiger partial charge in [0.2, 0.25) is 5.91 Å². The predicted molar refractivity (Wildman–Crippen MR) is 135 cm³/mol. The molecule has 1 N–H and O–H groups in total. The first kappa shape index (κ1) is 24.9. The third kappa shape index (κ3) is 3.96. The van der Waals surface area contributed by atoms with Gasteiger partial charge in [0.25, 0.3) is 5.91 Å². The number of carbonyl (C=O) groups is 3. The molecule has 3 atom stereocenters. The number of hydrogen-bond donors (Lipinski definition) is 1. The van der Waals surface area contributed by atoms with Gasteiger partial charge in [0, 0.05) is 0 Å². The fourth-order valence-corrected chi connectivity index (χ4v) is 5.11. The Balaban J connectivity index is 1.69. The van der Waals surface area contributed by atoms with Crippen molar-refractivity contribution in [1.29, 1.82) is 0 Å². The van der Waals surface area contributed by atoms with Gasteiger partial charge in [-0.1, -0.05) is 47.5 Å². The topological polar surface area (TPSA) is 106 Å². The zero-order valence-corrected chi connectivity index (χ0v) is 21.1. The Kier molecular flexibility index (Phi) is 6.45. The first-order chi connectivity index (χ1) is 17.8. The number of methoxy groups -OCH3 is 2. The monoisotopic (exact) mass is 542 g/mol. The van der Waals surface area contributed by atoms with E-state index in [1.165, 1.54) is 43.5 Å². The lowest BCUT2D eigenvalue weighted by Crippen LogP contribution is -2.37. The normalized spacial score (nSPS) is 20.8. The number of fused-ring (bicyclic) bond motifs is 1. The van der Waals surface area contributed by atoms with Gasteiger partial charge in [0.15, 0.2) is 17.6 Å². The molecule has 0 unspecified atom stereocenters. The number of hydrogen-bond acceptors (Lipinski definition) is 7. The fourth-order valence-electron chi connectivity index (χ4n) is 4.82. The second-order valence-electron chi connectivity index (χ2n) is 8.34. The zero-order chi connectivity index (χ0) is 26.4. The second kappa shape index (κ2) is 9.59. The van der Waals surface area contributed by atoms with Gasteiger partial charge in [-0.3, -0.25) is 14.4 Å². The summed E-state index contributed by atoms with van der Waals surface area (Å²) in [5.41, 5.74) is 0.789. The van der Waals surface area contributed by atoms with Crippen molar-refractivity contribution in [3.63, 3.8) is 0 Å². The maximum absolute atomic E-state index is 13.8. The van der Waals surface area contributed by atoms with E-state index in [0.717, 1.165) is 4.90 Å². The summed E-state index contributed by atoms with van der Waals surface area (Å²) in [6.45, 7) is 0. The summed E-state index contributed by atoms with van der Waals surface area (Å²) in [6.07, 6.45) is -1.21. The summed E-state index contributed by atoms with van der Waals surface area (Å²) in [5.74, 6) is -3.34. The lowest BCUT2D eigenvalue weighted by molar-refractivity contribution is -0.126. The average molecular weight is 543 g/mol. The third-order valence-electron chi connectivity index (χ3n) is 6.40. The van der Waals surface area contributed by atoms with Crippen LogP contribution in [0.15, 0.2) is 60.7 Å². The van der Waals surface area contributed by atoms with Crippen LogP contribution in [0.5, 0.6) is 11.5 Å². The molecule has 2 saturated heterocycles. The van der Waals surface area contributed by atoms with Gasteiger partial charge in [-0.15, -0.1) is 0 Å². The van der Waals surface area contributed by atoms with Gasteiger partial charge < -0.3 is 14.6 Å². The summed E-state index contributed by atoms with van der Waals surface area (Å²) in [6, 6.07) is 15.3. The maximum Gasteiger partial charge on any atom is 0.339 e. The molecule has 2 aliphatic heterocycles. The first-order valence-corrected chi connectivity index (χ1v) is 11.9. The van der Waals surface area contributed by atoms with Crippen LogP contribution in [-0.4, -0.2) is 43.2 Å². The lowest BCUT2D eigenvalue weighted by atomic mass is 9.87. The minimum Gasteiger partial charge on any atom is -0.493 e. The highest BCUT2D eigenvalue weighted by molar-refractivity contribution is 6.42. The number of carbonyl (C=O) groups excluding carboxylic acids is 2. The lowest BCUT2D eigenvalue weighted by Gasteiger charge is -2.30. The molecule has 37 heavy (non-hydrogen) atoms. The van der Waals surface area contributed by atoms with E-state index in [-0.39, 0.29) is 38.4 Å². The number of amides is 2. The number of benzene rings is 3. The van der Waals surface area contributed by atoms with Crippen LogP contribution in [0.1, 0.15) is 22.0 Å². The minimum atomic E-state index is -1.29. The standard InChI is InChI=1S/C26H20Cl2N2O7/c1-35-18-11-9-15(19(26(33)34)22(18)36-2)21-20-23(37-30(21)13-6-4-3-5-7-13)25(32)29(24(20)31)14-8-10-16(27)17(28)12-14/h3-12,20-21,23H,1-2H3,(H,33,34)/t20-,21-,23+/m1/s1. The van der Waals surface area contributed by atoms with Crippen LogP contribution in [0, 0.1) is 5.92 Å². The van der Waals surface area contributed by atoms with E-state index < -0.39 is 35.8 Å². The number of ether oxygens (including phenoxy) is 2. The van der Waals surface area contributed by atoms with Crippen molar-refractivity contribution in [3.8, 4) is 11.5 Å². The van der Waals surface area contributed by atoms with Gasteiger partial charge in [-0.05, 0) is 42.0 Å². The molecule has 2 heterocycles. The Morgan fingerprint density at radius 2 is 1.65 bits per heavy atom. The SMILES string of the molecule is COc1ccc([C@@H]2[C@H]3C(=O)N(c4ccc(Cl)c(Cl)c4)C(=O)[C@H]3ON2c2ccccc2)c(C(=O)O)c1OC. The van der Waals surface area contributed by atoms with Crippen LogP contribution in [-0.2, 0) is 14.4 Å². The Hall–Kier alpha value is -3.79. The van der Waals surface area contributed by atoms with E-state index in [1.54, 1.807) is 36.4 Å². The highest BCUT2D eigenvalue weighted by Gasteiger charge is 2.61. The number of rotatable bonds is 6. The van der Waals surface area contributed by atoms with Crippen LogP contribution in [0.4, 0.5) is 11.4 Å². The number of carboxylic acids is 1. The van der Waals surface area contributed by atoms with Gasteiger partial charge in [-0.25, -0.2) is 14.8 Å². The van der Waals surface area contributed by atoms with Gasteiger partial charge in [0.1, 0.15) is 11.5 Å². The molecule has 11 heteroatoms. The van der Waals surface area contributed by atoms with Crippen molar-refractivity contribution in [2.45, 2.75) is 12.1 Å². The molecule has 0 aromatic heterocycles. The molecular weight excluding hydrogens is 523 g/mol. The van der Waals surface area contributed by atoms with Crippen LogP contribution in [0.25, 0.3) is 0 Å². The molecule has 3 aromatic carbocycles. The van der Waals surface area contributed by atoms with E-state index in [2.05, 4.69) is 0 Å². The van der Waals surface area contributed by atoms with Gasteiger partial charge in [-0.2, -0.15) is 0 Å². The number of halogens is 2. The molecule has 3 aromatic rings. The van der Waals surface area contributed by atoms with Crippen molar-refractivity contribution in [3.05, 3.63) is 81.8 Å². The van der Waals surface area contributed by atoms with E-state index >= 15 is 0 Å². The Morgan fingerprint density at radius 3 is 2.27 bits per heavy atom. The molecule has 2 aliphatic rings. The van der Waals surface area contributed by atoms with E-state index in [4.69, 9.17) is 37.5 Å². The Bertz CT molecular complexity index is 1420. The van der Waals surface area contributed by atoms with E-state index in [0.29, 0.717) is 5.69 Å². The first-order valence-electron chi connectivity index (χ1n) is 11.1. The van der Waals surface area contributed by atoms with Crippen molar-refractivity contribution < 1.29 is 33.8 Å². The molecule has 2 fully saturated rings. The number of nitrogens with zero attached hydrogens (tertiary/aromatic N) is 2. The number of anilines is 2. The number of aromatic carboxylic acids is 1. The smallest absolute Gasteiger partial charge is 0.339 e. The van der Waals surface area contributed by atoms with Crippen molar-refractivity contribution in [2.24, 2.45) is 5.92 Å². The third-order valence-corrected chi connectivity index (χ3v) is 7.14. The summed E-state index contributed by atoms with van der Waals surface area (Å²) in [4.78, 5) is 46.9. The largest absolute Gasteiger partial charge is 0.493 e. The summed E-state index contributed by atoms with van der Waals surface area (Å²) in [7, 11) is 2.72. The quantitative estimate of drug-likeness (QED) is 0.444. The highest BCUT2D eigenvalue weighted by Crippen LogP contribution is 2.50. The van der Waals surface area contributed by atoms with Crippen LogP contribution >= 0.6 is 23.2 Å². The van der Waals surface area contributed by atoms with Crippen LogP contribution in [0.3, 0.4) is 0 Å². The van der Waals surface area contributed by atoms with Crippen LogP contribution < -0.4 is 19.4 Å². The molecular formula is C26H20Cl2N2O7. The molecule has 0 aliphatic carbocycles. The number of imide groups is 1. The summed E-state index contributed by atoms with van der Waals surface area (Å²) < 4.78 is 10.7. The second-order valence-corrected chi connectivity index (χ2v) is 9.15. The van der Waals surface area contributed by atoms with Crippen molar-refractivity contribution in [1.82, 2.24) is 0 Å². The van der Waals surface area contributed by atoms with E-state index in [9.17, 15) is 19.5 Å². The molecule has 0 saturated carbocycles. The van der Waals surface area contributed by atoms with Gasteiger partial charge >= 0.3 is 5.97 Å². The molecule has 0 radical (unpaired) electrons. The summed E-state index contributed by atoms with van der Waals surface area (Å²) >= 11 is 12.2. The molecule has 9 nitrogen and oxygen atoms in total. The van der Waals surface area contributed by atoms with Gasteiger partial charge in [0.05, 0.1) is 41.7 Å². The summed E-state index contributed by atoms with van der Waals surface area (Å²) in [5, 5.41) is 12.0. The minimum absolute atomic E-state index is 0.0120. The van der Waals surface area contributed by atoms with E-state index in [1.807, 2.05) is 0 Å². The Labute approximate surface area is 221 Å². The van der Waals surface area contributed by atoms with Crippen molar-refractivity contribution >= 4 is 52.4 Å². The molecule has 0 bridgehead atoms. The average Bonchev–Trinajstić information content (AvgIpc) is 3.40. The molecule has 190 valence electrons. The number of carboxylic acid groups (broad SMARTS) is 1. The molecule has 0 spiro atoms. The molecule has 2 amide bonds. The zero-order valence-electron chi connectivity index (χ0n) is 19.6. The predicted octanol–water partition coefficient (Wildman–Crippen LogP) is 4.76. The Morgan fingerprint density at radius 1 is 0.919 bits per heavy atom. The highest BCUT2D eigenvalue weighted by atomic mass is 35.5.